The molecule has 2 rings (SSSR count). The van der Waals surface area contributed by atoms with Crippen molar-refractivity contribution in [3.63, 3.8) is 0 Å². The van der Waals surface area contributed by atoms with Crippen LogP contribution in [-0.2, 0) is 31.3 Å². The fourth-order valence-electron chi connectivity index (χ4n) is 2.10. The summed E-state index contributed by atoms with van der Waals surface area (Å²) in [4.78, 5) is 11.9. The van der Waals surface area contributed by atoms with Crippen LogP contribution in [0.4, 0.5) is 0 Å². The number of rotatable bonds is 8. The number of sulfonamides is 2. The van der Waals surface area contributed by atoms with Gasteiger partial charge in [-0.25, -0.2) is 26.7 Å². The Bertz CT molecular complexity index is 957. The molecule has 0 radical (unpaired) electrons. The van der Waals surface area contributed by atoms with Crippen LogP contribution >= 0.6 is 0 Å². The van der Waals surface area contributed by atoms with E-state index in [0.717, 1.165) is 5.56 Å². The average Bonchev–Trinajstić information content (AvgIpc) is 2.60. The van der Waals surface area contributed by atoms with Crippen LogP contribution in [0.3, 0.4) is 0 Å². The normalized spacial score (nSPS) is 11.9. The van der Waals surface area contributed by atoms with Crippen molar-refractivity contribution in [3.05, 3.63) is 60.2 Å². The van der Waals surface area contributed by atoms with Crippen LogP contribution in [0.25, 0.3) is 0 Å². The molecule has 0 bridgehead atoms. The van der Waals surface area contributed by atoms with Crippen molar-refractivity contribution in [1.82, 2.24) is 10.0 Å². The molecule has 0 unspecified atom stereocenters. The summed E-state index contributed by atoms with van der Waals surface area (Å²) >= 11 is 0. The number of nitrogens with one attached hydrogen (secondary N) is 2. The first-order valence-electron chi connectivity index (χ1n) is 7.62. The highest BCUT2D eigenvalue weighted by molar-refractivity contribution is 7.89. The topological polar surface area (TPSA) is 135 Å². The number of carbonyl (C=O) groups excluding carboxylic acids is 1. The highest BCUT2D eigenvalue weighted by Gasteiger charge is 2.14. The minimum absolute atomic E-state index is 0.0144. The number of hydrogen-bond acceptors (Lipinski definition) is 5. The van der Waals surface area contributed by atoms with E-state index in [0.29, 0.717) is 6.42 Å². The van der Waals surface area contributed by atoms with E-state index in [-0.39, 0.29) is 22.9 Å². The smallest absolute Gasteiger partial charge is 0.241 e. The van der Waals surface area contributed by atoms with E-state index in [1.807, 2.05) is 0 Å². The Morgan fingerprint density at radius 1 is 0.885 bits per heavy atom. The van der Waals surface area contributed by atoms with Crippen molar-refractivity contribution in [3.8, 4) is 0 Å². The van der Waals surface area contributed by atoms with Crippen molar-refractivity contribution in [2.24, 2.45) is 5.14 Å². The molecular formula is C16H19N3O5S2. The summed E-state index contributed by atoms with van der Waals surface area (Å²) in [6.45, 7) is -0.0950. The van der Waals surface area contributed by atoms with Crippen molar-refractivity contribution in [1.29, 1.82) is 0 Å². The van der Waals surface area contributed by atoms with Crippen molar-refractivity contribution in [2.75, 3.05) is 13.1 Å². The zero-order chi connectivity index (χ0) is 19.2. The van der Waals surface area contributed by atoms with Gasteiger partial charge in [-0.05, 0) is 36.2 Å². The zero-order valence-corrected chi connectivity index (χ0v) is 15.4. The van der Waals surface area contributed by atoms with Crippen LogP contribution < -0.4 is 15.2 Å². The Morgan fingerprint density at radius 2 is 1.50 bits per heavy atom. The van der Waals surface area contributed by atoms with E-state index >= 15 is 0 Å². The van der Waals surface area contributed by atoms with Crippen LogP contribution in [0.2, 0.25) is 0 Å². The van der Waals surface area contributed by atoms with Gasteiger partial charge < -0.3 is 5.32 Å². The van der Waals surface area contributed by atoms with E-state index in [1.165, 1.54) is 24.3 Å². The third-order valence-corrected chi connectivity index (χ3v) is 5.81. The first-order valence-corrected chi connectivity index (χ1v) is 10.6. The third-order valence-electron chi connectivity index (χ3n) is 3.46. The van der Waals surface area contributed by atoms with Crippen LogP contribution in [0, 0.1) is 0 Å². The van der Waals surface area contributed by atoms with E-state index in [2.05, 4.69) is 10.0 Å². The molecule has 0 aliphatic heterocycles. The summed E-state index contributed by atoms with van der Waals surface area (Å²) in [6, 6.07) is 13.7. The number of hydrogen-bond donors (Lipinski definition) is 3. The predicted molar refractivity (Wildman–Crippen MR) is 96.2 cm³/mol. The lowest BCUT2D eigenvalue weighted by Gasteiger charge is -2.08. The molecule has 140 valence electrons. The second kappa shape index (κ2) is 8.41. The summed E-state index contributed by atoms with van der Waals surface area (Å²) in [5.74, 6) is -0.467. The number of nitrogens with two attached hydrogens (primary N) is 1. The number of benzene rings is 2. The highest BCUT2D eigenvalue weighted by atomic mass is 32.2. The first kappa shape index (κ1) is 20.0. The predicted octanol–water partition coefficient (Wildman–Crippen LogP) is -0.0288. The number of primary sulfonamides is 1. The van der Waals surface area contributed by atoms with Gasteiger partial charge in [0.15, 0.2) is 0 Å². The van der Waals surface area contributed by atoms with Gasteiger partial charge in [-0.2, -0.15) is 0 Å². The summed E-state index contributed by atoms with van der Waals surface area (Å²) in [5.41, 5.74) is 0.808. The van der Waals surface area contributed by atoms with E-state index < -0.39 is 26.0 Å². The molecule has 0 heterocycles. The fourth-order valence-corrected chi connectivity index (χ4v) is 3.62. The highest BCUT2D eigenvalue weighted by Crippen LogP contribution is 2.09. The minimum atomic E-state index is -3.73. The average molecular weight is 397 g/mol. The fraction of sp³-hybridized carbons (Fsp3) is 0.188. The number of carbonyl (C=O) groups is 1. The monoisotopic (exact) mass is 397 g/mol. The van der Waals surface area contributed by atoms with Crippen LogP contribution in [-0.4, -0.2) is 35.8 Å². The maximum atomic E-state index is 12.0. The molecule has 1 amide bonds. The molecule has 0 fully saturated rings. The quantitative estimate of drug-likeness (QED) is 0.575. The molecule has 0 aromatic heterocycles. The lowest BCUT2D eigenvalue weighted by molar-refractivity contribution is -0.119. The lowest BCUT2D eigenvalue weighted by atomic mass is 10.1. The number of amides is 1. The summed E-state index contributed by atoms with van der Waals surface area (Å²) in [6.07, 6.45) is 0.460. The molecular weight excluding hydrogens is 378 g/mol. The van der Waals surface area contributed by atoms with E-state index in [9.17, 15) is 21.6 Å². The van der Waals surface area contributed by atoms with Crippen LogP contribution in [0.15, 0.2) is 64.4 Å². The first-order chi connectivity index (χ1) is 12.2. The van der Waals surface area contributed by atoms with Crippen LogP contribution in [0.5, 0.6) is 0 Å². The van der Waals surface area contributed by atoms with Gasteiger partial charge in [0.1, 0.15) is 0 Å². The third kappa shape index (κ3) is 5.92. The molecule has 4 N–H and O–H groups in total. The van der Waals surface area contributed by atoms with Crippen molar-refractivity contribution < 1.29 is 21.6 Å². The Balaban J connectivity index is 1.79. The van der Waals surface area contributed by atoms with Gasteiger partial charge in [0.25, 0.3) is 0 Å². The van der Waals surface area contributed by atoms with Gasteiger partial charge in [0.2, 0.25) is 26.0 Å². The maximum Gasteiger partial charge on any atom is 0.241 e. The minimum Gasteiger partial charge on any atom is -0.355 e. The van der Waals surface area contributed by atoms with Gasteiger partial charge >= 0.3 is 0 Å². The SMILES string of the molecule is NS(=O)(=O)c1ccc(CCNC(=O)CNS(=O)(=O)c2ccccc2)cc1. The molecule has 0 saturated carbocycles. The Morgan fingerprint density at radius 3 is 2.08 bits per heavy atom. The van der Waals surface area contributed by atoms with Gasteiger partial charge in [0, 0.05) is 6.54 Å². The summed E-state index contributed by atoms with van der Waals surface area (Å²) in [5, 5.41) is 7.61. The standard InChI is InChI=1S/C16H19N3O5S2/c17-25(21,22)14-8-6-13(7-9-14)10-11-18-16(20)12-19-26(23,24)15-4-2-1-3-5-15/h1-9,19H,10-12H2,(H,18,20)(H2,17,21,22). The largest absolute Gasteiger partial charge is 0.355 e. The molecule has 26 heavy (non-hydrogen) atoms. The molecule has 10 heteroatoms. The van der Waals surface area contributed by atoms with Crippen LogP contribution in [0.1, 0.15) is 5.56 Å². The van der Waals surface area contributed by atoms with Gasteiger partial charge in [-0.3, -0.25) is 4.79 Å². The molecule has 8 nitrogen and oxygen atoms in total. The molecule has 2 aromatic rings. The van der Waals surface area contributed by atoms with E-state index in [4.69, 9.17) is 5.14 Å². The van der Waals surface area contributed by atoms with Gasteiger partial charge in [0.05, 0.1) is 16.3 Å². The lowest BCUT2D eigenvalue weighted by Crippen LogP contribution is -2.37. The molecule has 0 aliphatic carbocycles. The molecule has 0 saturated heterocycles. The summed E-state index contributed by atoms with van der Waals surface area (Å²) in [7, 11) is -7.46. The second-order valence-electron chi connectivity index (χ2n) is 5.43. The van der Waals surface area contributed by atoms with Gasteiger partial charge in [-0.1, -0.05) is 30.3 Å². The van der Waals surface area contributed by atoms with Crippen molar-refractivity contribution >= 4 is 26.0 Å². The Labute approximate surface area is 152 Å². The molecule has 0 spiro atoms. The molecule has 0 aliphatic rings. The Kier molecular flexibility index (Phi) is 6.48. The molecule has 0 atom stereocenters. The van der Waals surface area contributed by atoms with Gasteiger partial charge in [-0.15, -0.1) is 0 Å². The maximum absolute atomic E-state index is 12.0. The summed E-state index contributed by atoms with van der Waals surface area (Å²) < 4.78 is 48.6. The second-order valence-corrected chi connectivity index (χ2v) is 8.75. The zero-order valence-electron chi connectivity index (χ0n) is 13.8. The van der Waals surface area contributed by atoms with E-state index in [1.54, 1.807) is 30.3 Å². The van der Waals surface area contributed by atoms with Crippen molar-refractivity contribution in [2.45, 2.75) is 16.2 Å². The Hall–Kier alpha value is -2.27. The molecule has 2 aromatic carbocycles.